The average Bonchev–Trinajstić information content (AvgIpc) is 2.55. The maximum atomic E-state index is 10.9. The molecule has 0 radical (unpaired) electrons. The first kappa shape index (κ1) is 9.66. The second kappa shape index (κ2) is 4.56. The molecule has 5 nitrogen and oxygen atoms in total. The molecule has 0 saturated heterocycles. The number of carbonyl (C=O) groups excluding carboxylic acids is 1. The van der Waals surface area contributed by atoms with E-state index in [4.69, 9.17) is 5.73 Å². The number of nitrogens with one attached hydrogen (secondary N) is 1. The molecule has 3 N–H and O–H groups in total. The van der Waals surface area contributed by atoms with Crippen LogP contribution >= 0.6 is 0 Å². The first-order chi connectivity index (χ1) is 5.74. The summed E-state index contributed by atoms with van der Waals surface area (Å²) in [4.78, 5) is 17.6. The van der Waals surface area contributed by atoms with Crippen molar-refractivity contribution in [3.05, 3.63) is 18.2 Å². The zero-order valence-corrected chi connectivity index (χ0v) is 12.0. The minimum absolute atomic E-state index is 0.0189. The molecule has 0 unspecified atom stereocenters. The summed E-state index contributed by atoms with van der Waals surface area (Å²) in [5.41, 5.74) is 6.38. The van der Waals surface area contributed by atoms with Crippen molar-refractivity contribution in [1.29, 1.82) is 0 Å². The Kier molecular flexibility index (Phi) is 3.67. The van der Waals surface area contributed by atoms with E-state index in [1.54, 1.807) is 12.5 Å². The molecule has 1 heterocycles. The second-order valence-electron chi connectivity index (χ2n) is 2.35. The average molecular weight is 355 g/mol. The number of carbonyl (C=O) groups is 1. The number of aromatic nitrogens is 2. The zero-order chi connectivity index (χ0) is 8.97. The number of rotatable bonds is 3. The molecule has 12 heavy (non-hydrogen) atoms. The molecule has 6 heteroatoms. The molecule has 1 aromatic rings. The zero-order valence-electron chi connectivity index (χ0n) is 6.49. The van der Waals surface area contributed by atoms with E-state index < -0.39 is 6.04 Å². The summed E-state index contributed by atoms with van der Waals surface area (Å²) in [7, 11) is 0. The van der Waals surface area contributed by atoms with Crippen LogP contribution < -0.4 is 5.73 Å². The number of nitrogens with zero attached hydrogens (tertiary/aromatic N) is 1. The minimum atomic E-state index is -0.567. The first-order valence-corrected chi connectivity index (χ1v) is 5.67. The monoisotopic (exact) mass is 356 g/mol. The molecule has 0 aliphatic heterocycles. The van der Waals surface area contributed by atoms with Crippen LogP contribution in [0.1, 0.15) is 5.69 Å². The van der Waals surface area contributed by atoms with Gasteiger partial charge in [-0.2, -0.15) is 0 Å². The van der Waals surface area contributed by atoms with Crippen molar-refractivity contribution in [2.75, 3.05) is 0 Å². The summed E-state index contributed by atoms with van der Waals surface area (Å²) in [6.07, 6.45) is 3.65. The van der Waals surface area contributed by atoms with Crippen molar-refractivity contribution in [1.82, 2.24) is 9.97 Å². The molecule has 0 aliphatic rings. The molecule has 0 bridgehead atoms. The van der Waals surface area contributed by atoms with Gasteiger partial charge in [0.2, 0.25) is 0 Å². The SMILES string of the molecule is N[C@@H](Cc1cnc[nH]1)C(=O)[O][Hg]. The van der Waals surface area contributed by atoms with Crippen LogP contribution in [0, 0.1) is 0 Å². The van der Waals surface area contributed by atoms with Gasteiger partial charge in [-0.25, -0.2) is 0 Å². The van der Waals surface area contributed by atoms with Crippen molar-refractivity contribution < 1.29 is 34.0 Å². The Hall–Kier alpha value is -0.425. The molecule has 0 aromatic carbocycles. The molecule has 0 saturated carbocycles. The third kappa shape index (κ3) is 2.56. The Morgan fingerprint density at radius 1 is 1.92 bits per heavy atom. The Morgan fingerprint density at radius 2 is 2.67 bits per heavy atom. The van der Waals surface area contributed by atoms with Gasteiger partial charge in [0.1, 0.15) is 0 Å². The summed E-state index contributed by atoms with van der Waals surface area (Å²) in [5, 5.41) is 0. The van der Waals surface area contributed by atoms with Gasteiger partial charge in [0, 0.05) is 0 Å². The molecular formula is C6H8HgN3O2. The van der Waals surface area contributed by atoms with Crippen LogP contribution in [0.15, 0.2) is 12.5 Å². The Morgan fingerprint density at radius 3 is 3.17 bits per heavy atom. The third-order valence-electron chi connectivity index (χ3n) is 1.44. The Labute approximate surface area is 86.3 Å². The summed E-state index contributed by atoms with van der Waals surface area (Å²) in [6.45, 7) is 0. The molecule has 61 valence electrons. The molecule has 1 aromatic heterocycles. The van der Waals surface area contributed by atoms with Crippen LogP contribution in [0.4, 0.5) is 0 Å². The summed E-state index contributed by atoms with van der Waals surface area (Å²) >= 11 is 0.0189. The number of aromatic amines is 1. The summed E-state index contributed by atoms with van der Waals surface area (Å²) in [6, 6.07) is -0.567. The fourth-order valence-electron chi connectivity index (χ4n) is 0.824. The molecular weight excluding hydrogens is 347 g/mol. The number of hydrogen-bond donors (Lipinski definition) is 2. The number of hydrogen-bond acceptors (Lipinski definition) is 4. The molecule has 0 fully saturated rings. The molecule has 1 atom stereocenters. The van der Waals surface area contributed by atoms with Crippen LogP contribution in [0.5, 0.6) is 0 Å². The number of nitrogens with two attached hydrogens (primary N) is 1. The Bertz CT molecular complexity index is 249. The van der Waals surface area contributed by atoms with E-state index in [9.17, 15) is 4.79 Å². The number of H-pyrrole nitrogens is 1. The number of imidazole rings is 1. The fraction of sp³-hybridized carbons (Fsp3) is 0.333. The molecule has 0 spiro atoms. The van der Waals surface area contributed by atoms with Crippen molar-refractivity contribution >= 4 is 5.97 Å². The van der Waals surface area contributed by atoms with Gasteiger partial charge in [-0.15, -0.1) is 0 Å². The van der Waals surface area contributed by atoms with Crippen LogP contribution in [0.25, 0.3) is 0 Å². The first-order valence-electron chi connectivity index (χ1n) is 3.42. The van der Waals surface area contributed by atoms with Crippen molar-refractivity contribution in [3.8, 4) is 0 Å². The van der Waals surface area contributed by atoms with Crippen molar-refractivity contribution in [2.24, 2.45) is 5.73 Å². The van der Waals surface area contributed by atoms with Gasteiger partial charge in [-0.1, -0.05) is 0 Å². The van der Waals surface area contributed by atoms with Gasteiger partial charge in [-0.3, -0.25) is 0 Å². The van der Waals surface area contributed by atoms with E-state index in [0.29, 0.717) is 6.42 Å². The van der Waals surface area contributed by atoms with Gasteiger partial charge >= 0.3 is 86.4 Å². The van der Waals surface area contributed by atoms with Crippen LogP contribution in [-0.2, 0) is 40.4 Å². The molecule has 1 rings (SSSR count). The van der Waals surface area contributed by atoms with Crippen LogP contribution in [0.2, 0.25) is 0 Å². The van der Waals surface area contributed by atoms with E-state index in [2.05, 4.69) is 12.6 Å². The standard InChI is InChI=1S/C6H9N3O2.Hg/c7-5(6(10)11)1-4-2-8-3-9-4;/h2-3,5H,1,7H2,(H,8,9)(H,10,11);/q;+1/p-1/t5-;/m0./s1. The Balaban J connectivity index is 2.47. The van der Waals surface area contributed by atoms with Crippen molar-refractivity contribution in [2.45, 2.75) is 12.5 Å². The topological polar surface area (TPSA) is 81.0 Å². The summed E-state index contributed by atoms with van der Waals surface area (Å²) in [5.74, 6) is -0.326. The van der Waals surface area contributed by atoms with E-state index in [0.717, 1.165) is 5.69 Å². The van der Waals surface area contributed by atoms with E-state index >= 15 is 0 Å². The van der Waals surface area contributed by atoms with Crippen LogP contribution in [0.3, 0.4) is 0 Å². The molecule has 0 amide bonds. The second-order valence-corrected chi connectivity index (χ2v) is 3.47. The van der Waals surface area contributed by atoms with E-state index in [1.165, 1.54) is 0 Å². The molecule has 0 aliphatic carbocycles. The van der Waals surface area contributed by atoms with Gasteiger partial charge < -0.3 is 0 Å². The van der Waals surface area contributed by atoms with Crippen LogP contribution in [-0.4, -0.2) is 22.0 Å². The summed E-state index contributed by atoms with van der Waals surface area (Å²) < 4.78 is 4.66. The quantitative estimate of drug-likeness (QED) is 0.702. The van der Waals surface area contributed by atoms with Gasteiger partial charge in [0.25, 0.3) is 0 Å². The van der Waals surface area contributed by atoms with E-state index in [1.807, 2.05) is 0 Å². The van der Waals surface area contributed by atoms with Gasteiger partial charge in [0.15, 0.2) is 0 Å². The van der Waals surface area contributed by atoms with Gasteiger partial charge in [-0.05, 0) is 0 Å². The maximum absolute atomic E-state index is 10.9. The third-order valence-corrected chi connectivity index (χ3v) is 2.55. The fourth-order valence-corrected chi connectivity index (χ4v) is 1.66. The van der Waals surface area contributed by atoms with E-state index in [-0.39, 0.29) is 32.5 Å². The predicted octanol–water partition coefficient (Wildman–Crippen LogP) is -0.716. The normalized spacial score (nSPS) is 12.6. The van der Waals surface area contributed by atoms with Crippen molar-refractivity contribution in [3.63, 3.8) is 0 Å². The van der Waals surface area contributed by atoms with Gasteiger partial charge in [0.05, 0.1) is 0 Å². The predicted molar refractivity (Wildman–Crippen MR) is 36.4 cm³/mol.